The van der Waals surface area contributed by atoms with Gasteiger partial charge in [0.25, 0.3) is 5.91 Å². The van der Waals surface area contributed by atoms with E-state index in [9.17, 15) is 22.8 Å². The van der Waals surface area contributed by atoms with Gasteiger partial charge in [-0.05, 0) is 36.1 Å². The number of anilines is 1. The van der Waals surface area contributed by atoms with Gasteiger partial charge >= 0.3 is 12.1 Å². The average Bonchev–Trinajstić information content (AvgIpc) is 3.04. The lowest BCUT2D eigenvalue weighted by Gasteiger charge is -2.10. The van der Waals surface area contributed by atoms with Crippen molar-refractivity contribution in [3.05, 3.63) is 52.2 Å². The van der Waals surface area contributed by atoms with Crippen LogP contribution in [0.1, 0.15) is 16.9 Å². The Labute approximate surface area is 140 Å². The van der Waals surface area contributed by atoms with Crippen LogP contribution in [0.2, 0.25) is 0 Å². The van der Waals surface area contributed by atoms with Crippen LogP contribution in [-0.4, -0.2) is 18.5 Å². The van der Waals surface area contributed by atoms with Crippen molar-refractivity contribution < 1.29 is 27.5 Å². The maximum Gasteiger partial charge on any atom is 0.416 e. The lowest BCUT2D eigenvalue weighted by Crippen LogP contribution is -2.21. The van der Waals surface area contributed by atoms with Gasteiger partial charge in [-0.15, -0.1) is 11.3 Å². The van der Waals surface area contributed by atoms with E-state index < -0.39 is 30.2 Å². The largest absolute Gasteiger partial charge is 0.456 e. The quantitative estimate of drug-likeness (QED) is 0.798. The number of carbonyl (C=O) groups excluding carboxylic acids is 2. The second kappa shape index (κ2) is 7.96. The number of rotatable bonds is 6. The van der Waals surface area contributed by atoms with Crippen molar-refractivity contribution in [3.63, 3.8) is 0 Å². The van der Waals surface area contributed by atoms with E-state index in [4.69, 9.17) is 4.74 Å². The van der Waals surface area contributed by atoms with Crippen LogP contribution >= 0.6 is 11.3 Å². The van der Waals surface area contributed by atoms with Crippen molar-refractivity contribution in [2.24, 2.45) is 0 Å². The molecule has 0 bridgehead atoms. The highest BCUT2D eigenvalue weighted by molar-refractivity contribution is 7.09. The zero-order valence-corrected chi connectivity index (χ0v) is 13.2. The van der Waals surface area contributed by atoms with E-state index in [-0.39, 0.29) is 12.1 Å². The first kappa shape index (κ1) is 18.0. The average molecular weight is 357 g/mol. The van der Waals surface area contributed by atoms with E-state index >= 15 is 0 Å². The van der Waals surface area contributed by atoms with Gasteiger partial charge in [0.15, 0.2) is 6.61 Å². The Balaban J connectivity index is 1.78. The number of esters is 1. The lowest BCUT2D eigenvalue weighted by atomic mass is 10.2. The summed E-state index contributed by atoms with van der Waals surface area (Å²) in [6.07, 6.45) is -3.84. The summed E-state index contributed by atoms with van der Waals surface area (Å²) in [6.45, 7) is -0.542. The molecular weight excluding hydrogens is 343 g/mol. The molecule has 128 valence electrons. The summed E-state index contributed by atoms with van der Waals surface area (Å²) in [5.74, 6) is -1.23. The maximum absolute atomic E-state index is 12.6. The summed E-state index contributed by atoms with van der Waals surface area (Å²) in [7, 11) is 0. The molecule has 2 aromatic rings. The molecule has 1 amide bonds. The molecule has 0 saturated carbocycles. The standard InChI is InChI=1S/C16H14F3NO3S/c17-16(18,19)11-3-1-4-12(9-11)20-14(21)10-23-15(22)7-6-13-5-2-8-24-13/h1-5,8-9H,6-7,10H2,(H,20,21). The van der Waals surface area contributed by atoms with Crippen LogP contribution in [0.15, 0.2) is 41.8 Å². The van der Waals surface area contributed by atoms with Crippen LogP contribution < -0.4 is 5.32 Å². The van der Waals surface area contributed by atoms with Crippen molar-refractivity contribution in [2.75, 3.05) is 11.9 Å². The van der Waals surface area contributed by atoms with Crippen molar-refractivity contribution in [3.8, 4) is 0 Å². The Morgan fingerprint density at radius 2 is 1.96 bits per heavy atom. The number of thiophene rings is 1. The fourth-order valence-corrected chi connectivity index (χ4v) is 2.58. The summed E-state index contributed by atoms with van der Waals surface area (Å²) >= 11 is 1.52. The van der Waals surface area contributed by atoms with E-state index in [1.54, 1.807) is 0 Å². The van der Waals surface area contributed by atoms with Crippen molar-refractivity contribution in [1.82, 2.24) is 0 Å². The van der Waals surface area contributed by atoms with E-state index in [0.717, 1.165) is 17.0 Å². The van der Waals surface area contributed by atoms with Crippen molar-refractivity contribution in [2.45, 2.75) is 19.0 Å². The molecule has 0 aliphatic rings. The first-order valence-electron chi connectivity index (χ1n) is 7.00. The smallest absolute Gasteiger partial charge is 0.416 e. The SMILES string of the molecule is O=C(COC(=O)CCc1cccs1)Nc1cccc(C(F)(F)F)c1. The molecule has 1 heterocycles. The molecule has 0 fully saturated rings. The molecule has 8 heteroatoms. The van der Waals surface area contributed by atoms with E-state index in [2.05, 4.69) is 5.32 Å². The fraction of sp³-hybridized carbons (Fsp3) is 0.250. The third-order valence-electron chi connectivity index (χ3n) is 2.99. The fourth-order valence-electron chi connectivity index (χ4n) is 1.87. The topological polar surface area (TPSA) is 55.4 Å². The lowest BCUT2D eigenvalue weighted by molar-refractivity contribution is -0.147. The number of aryl methyl sites for hydroxylation is 1. The first-order chi connectivity index (χ1) is 11.3. The monoisotopic (exact) mass is 357 g/mol. The number of halogens is 3. The maximum atomic E-state index is 12.6. The van der Waals surface area contributed by atoms with Gasteiger partial charge in [-0.25, -0.2) is 0 Å². The number of alkyl halides is 3. The van der Waals surface area contributed by atoms with Crippen LogP contribution in [-0.2, 0) is 26.9 Å². The van der Waals surface area contributed by atoms with Gasteiger partial charge in [-0.1, -0.05) is 12.1 Å². The molecule has 0 radical (unpaired) electrons. The molecule has 2 rings (SSSR count). The van der Waals surface area contributed by atoms with Crippen LogP contribution in [0.3, 0.4) is 0 Å². The van der Waals surface area contributed by atoms with Gasteiger partial charge in [-0.2, -0.15) is 13.2 Å². The van der Waals surface area contributed by atoms with Gasteiger partial charge in [0.05, 0.1) is 12.0 Å². The first-order valence-corrected chi connectivity index (χ1v) is 7.87. The summed E-state index contributed by atoms with van der Waals surface area (Å²) in [5.41, 5.74) is -0.877. The van der Waals surface area contributed by atoms with Gasteiger partial charge in [0, 0.05) is 10.6 Å². The number of carbonyl (C=O) groups is 2. The number of benzene rings is 1. The molecule has 0 saturated heterocycles. The molecule has 0 atom stereocenters. The number of ether oxygens (including phenoxy) is 1. The molecule has 0 aliphatic heterocycles. The summed E-state index contributed by atoms with van der Waals surface area (Å²) in [6, 6.07) is 7.99. The predicted octanol–water partition coefficient (Wildman–Crippen LogP) is 3.88. The van der Waals surface area contributed by atoms with E-state index in [0.29, 0.717) is 6.42 Å². The Hall–Kier alpha value is -2.35. The summed E-state index contributed by atoms with van der Waals surface area (Å²) in [4.78, 5) is 24.2. The predicted molar refractivity (Wildman–Crippen MR) is 83.7 cm³/mol. The normalized spacial score (nSPS) is 11.1. The Morgan fingerprint density at radius 1 is 1.17 bits per heavy atom. The molecular formula is C16H14F3NO3S. The Bertz CT molecular complexity index is 699. The number of hydrogen-bond acceptors (Lipinski definition) is 4. The highest BCUT2D eigenvalue weighted by atomic mass is 32.1. The molecule has 0 spiro atoms. The summed E-state index contributed by atoms with van der Waals surface area (Å²) in [5, 5.41) is 4.16. The minimum Gasteiger partial charge on any atom is -0.456 e. The molecule has 0 unspecified atom stereocenters. The molecule has 1 N–H and O–H groups in total. The summed E-state index contributed by atoms with van der Waals surface area (Å²) < 4.78 is 42.5. The molecule has 1 aromatic carbocycles. The van der Waals surface area contributed by atoms with Crippen LogP contribution in [0, 0.1) is 0 Å². The molecule has 0 aliphatic carbocycles. The van der Waals surface area contributed by atoms with Crippen molar-refractivity contribution in [1.29, 1.82) is 0 Å². The highest BCUT2D eigenvalue weighted by Crippen LogP contribution is 2.30. The zero-order chi connectivity index (χ0) is 17.6. The number of amides is 1. The third-order valence-corrected chi connectivity index (χ3v) is 3.93. The Morgan fingerprint density at radius 3 is 2.62 bits per heavy atom. The minimum atomic E-state index is -4.49. The molecule has 24 heavy (non-hydrogen) atoms. The second-order valence-electron chi connectivity index (χ2n) is 4.87. The number of nitrogens with one attached hydrogen (secondary N) is 1. The second-order valence-corrected chi connectivity index (χ2v) is 5.90. The van der Waals surface area contributed by atoms with E-state index in [1.165, 1.54) is 23.5 Å². The van der Waals surface area contributed by atoms with Crippen LogP contribution in [0.5, 0.6) is 0 Å². The third kappa shape index (κ3) is 5.69. The molecule has 1 aromatic heterocycles. The zero-order valence-electron chi connectivity index (χ0n) is 12.4. The van der Waals surface area contributed by atoms with E-state index in [1.807, 2.05) is 17.5 Å². The van der Waals surface area contributed by atoms with Crippen LogP contribution in [0.4, 0.5) is 18.9 Å². The number of hydrogen-bond donors (Lipinski definition) is 1. The van der Waals surface area contributed by atoms with Gasteiger partial charge in [0.1, 0.15) is 0 Å². The van der Waals surface area contributed by atoms with Gasteiger partial charge in [0.2, 0.25) is 0 Å². The highest BCUT2D eigenvalue weighted by Gasteiger charge is 2.30. The van der Waals surface area contributed by atoms with Crippen LogP contribution in [0.25, 0.3) is 0 Å². The Kier molecular flexibility index (Phi) is 5.97. The van der Waals surface area contributed by atoms with Crippen molar-refractivity contribution >= 4 is 28.9 Å². The minimum absolute atomic E-state index is 0.00976. The molecule has 4 nitrogen and oxygen atoms in total. The van der Waals surface area contributed by atoms with Gasteiger partial charge in [-0.3, -0.25) is 9.59 Å². The van der Waals surface area contributed by atoms with Gasteiger partial charge < -0.3 is 10.1 Å².